The fourth-order valence-electron chi connectivity index (χ4n) is 2.84. The quantitative estimate of drug-likeness (QED) is 0.900. The van der Waals surface area contributed by atoms with Crippen molar-refractivity contribution in [2.45, 2.75) is 25.8 Å². The molecule has 1 aromatic carbocycles. The first kappa shape index (κ1) is 16.2. The number of carbonyl (C=O) groups is 1. The summed E-state index contributed by atoms with van der Waals surface area (Å²) in [6.45, 7) is 2.82. The molecule has 1 saturated heterocycles. The van der Waals surface area contributed by atoms with Gasteiger partial charge >= 0.3 is 0 Å². The molecular weight excluding hydrogens is 295 g/mol. The molecule has 2 heterocycles. The third kappa shape index (κ3) is 3.73. The minimum absolute atomic E-state index is 0. The number of rotatable bonds is 3. The Kier molecular flexibility index (Phi) is 5.56. The summed E-state index contributed by atoms with van der Waals surface area (Å²) in [4.78, 5) is 11.9. The van der Waals surface area contributed by atoms with Crippen LogP contribution < -0.4 is 10.6 Å². The molecule has 6 heteroatoms. The maximum Gasteiger partial charge on any atom is 0.224 e. The number of benzene rings is 1. The lowest BCUT2D eigenvalue weighted by molar-refractivity contribution is -0.117. The van der Waals surface area contributed by atoms with E-state index >= 15 is 0 Å². The highest BCUT2D eigenvalue weighted by Gasteiger charge is 2.21. The van der Waals surface area contributed by atoms with Gasteiger partial charge in [0.05, 0.1) is 5.69 Å². The molecule has 1 aromatic rings. The number of anilines is 1. The summed E-state index contributed by atoms with van der Waals surface area (Å²) in [5.74, 6) is -0.145. The van der Waals surface area contributed by atoms with Gasteiger partial charge in [-0.2, -0.15) is 0 Å². The van der Waals surface area contributed by atoms with Gasteiger partial charge < -0.3 is 15.4 Å². The Hall–Kier alpha value is -1.17. The van der Waals surface area contributed by atoms with Gasteiger partial charge in [0.1, 0.15) is 5.82 Å². The first-order valence-electron chi connectivity index (χ1n) is 7.12. The summed E-state index contributed by atoms with van der Waals surface area (Å²) in [7, 11) is 0. The highest BCUT2D eigenvalue weighted by molar-refractivity contribution is 5.91. The first-order valence-corrected chi connectivity index (χ1v) is 7.12. The van der Waals surface area contributed by atoms with Gasteiger partial charge in [-0.3, -0.25) is 4.79 Å². The third-order valence-corrected chi connectivity index (χ3v) is 3.98. The maximum absolute atomic E-state index is 14.4. The van der Waals surface area contributed by atoms with E-state index in [0.29, 0.717) is 31.7 Å². The van der Waals surface area contributed by atoms with Crippen LogP contribution in [-0.4, -0.2) is 25.7 Å². The number of hydrogen-bond acceptors (Lipinski definition) is 3. The second kappa shape index (κ2) is 7.20. The number of amides is 1. The zero-order valence-corrected chi connectivity index (χ0v) is 12.6. The lowest BCUT2D eigenvalue weighted by Gasteiger charge is -2.19. The number of nitrogens with one attached hydrogen (secondary N) is 2. The molecule has 1 atom stereocenters. The molecule has 1 amide bonds. The SMILES string of the molecule is Cl.O=C(CC1CCOC1)Nc1ccc2c(c1F)CCNC2. The van der Waals surface area contributed by atoms with E-state index in [1.54, 1.807) is 6.07 Å². The normalized spacial score (nSPS) is 20.5. The molecule has 0 saturated carbocycles. The monoisotopic (exact) mass is 314 g/mol. The molecular formula is C15H20ClFN2O2. The molecule has 2 aliphatic rings. The zero-order valence-electron chi connectivity index (χ0n) is 11.8. The van der Waals surface area contributed by atoms with E-state index in [1.165, 1.54) is 0 Å². The molecule has 0 aliphatic carbocycles. The maximum atomic E-state index is 14.4. The Morgan fingerprint density at radius 2 is 2.33 bits per heavy atom. The lowest BCUT2D eigenvalue weighted by Crippen LogP contribution is -2.25. The Labute approximate surface area is 129 Å². The molecule has 2 aliphatic heterocycles. The predicted octanol–water partition coefficient (Wildman–Crippen LogP) is 2.26. The van der Waals surface area contributed by atoms with E-state index in [9.17, 15) is 9.18 Å². The summed E-state index contributed by atoms with van der Waals surface area (Å²) < 4.78 is 19.6. The van der Waals surface area contributed by atoms with Crippen LogP contribution in [-0.2, 0) is 22.5 Å². The van der Waals surface area contributed by atoms with Crippen molar-refractivity contribution in [3.8, 4) is 0 Å². The van der Waals surface area contributed by atoms with Gasteiger partial charge in [0.25, 0.3) is 0 Å². The van der Waals surface area contributed by atoms with Crippen molar-refractivity contribution in [3.05, 3.63) is 29.1 Å². The smallest absolute Gasteiger partial charge is 0.224 e. The van der Waals surface area contributed by atoms with Crippen molar-refractivity contribution in [1.82, 2.24) is 5.32 Å². The van der Waals surface area contributed by atoms with Crippen LogP contribution in [0.5, 0.6) is 0 Å². The van der Waals surface area contributed by atoms with E-state index in [-0.39, 0.29) is 30.0 Å². The molecule has 116 valence electrons. The number of carbonyl (C=O) groups excluding carboxylic acids is 1. The molecule has 0 bridgehead atoms. The van der Waals surface area contributed by atoms with Crippen molar-refractivity contribution in [3.63, 3.8) is 0 Å². The lowest BCUT2D eigenvalue weighted by atomic mass is 9.99. The van der Waals surface area contributed by atoms with E-state index < -0.39 is 0 Å². The second-order valence-corrected chi connectivity index (χ2v) is 5.47. The Balaban J connectivity index is 0.00000161. The van der Waals surface area contributed by atoms with Crippen LogP contribution in [0.1, 0.15) is 24.0 Å². The fraction of sp³-hybridized carbons (Fsp3) is 0.533. The predicted molar refractivity (Wildman–Crippen MR) is 81.2 cm³/mol. The van der Waals surface area contributed by atoms with E-state index in [1.807, 2.05) is 6.07 Å². The van der Waals surface area contributed by atoms with Gasteiger partial charge in [-0.1, -0.05) is 6.07 Å². The highest BCUT2D eigenvalue weighted by atomic mass is 35.5. The second-order valence-electron chi connectivity index (χ2n) is 5.47. The molecule has 0 radical (unpaired) electrons. The minimum Gasteiger partial charge on any atom is -0.381 e. The molecule has 2 N–H and O–H groups in total. The average molecular weight is 315 g/mol. The number of hydrogen-bond donors (Lipinski definition) is 2. The van der Waals surface area contributed by atoms with Crippen LogP contribution in [0.4, 0.5) is 10.1 Å². The van der Waals surface area contributed by atoms with Crippen molar-refractivity contribution in [1.29, 1.82) is 0 Å². The van der Waals surface area contributed by atoms with Crippen molar-refractivity contribution in [2.24, 2.45) is 5.92 Å². The van der Waals surface area contributed by atoms with Crippen LogP contribution in [0.15, 0.2) is 12.1 Å². The largest absolute Gasteiger partial charge is 0.381 e. The average Bonchev–Trinajstić information content (AvgIpc) is 2.95. The van der Waals surface area contributed by atoms with E-state index in [2.05, 4.69) is 10.6 Å². The molecule has 21 heavy (non-hydrogen) atoms. The van der Waals surface area contributed by atoms with Crippen molar-refractivity contribution in [2.75, 3.05) is 25.1 Å². The van der Waals surface area contributed by atoms with Gasteiger partial charge in [0.2, 0.25) is 5.91 Å². The summed E-state index contributed by atoms with van der Waals surface area (Å²) in [5.41, 5.74) is 2.01. The standard InChI is InChI=1S/C15H19FN2O2.ClH/c16-15-12-3-5-17-8-11(12)1-2-13(15)18-14(19)7-10-4-6-20-9-10;/h1-2,10,17H,3-9H2,(H,18,19);1H. The van der Waals surface area contributed by atoms with Crippen molar-refractivity contribution < 1.29 is 13.9 Å². The summed E-state index contributed by atoms with van der Waals surface area (Å²) in [5, 5.41) is 5.91. The molecule has 4 nitrogen and oxygen atoms in total. The van der Waals surface area contributed by atoms with Crippen LogP contribution in [0.2, 0.25) is 0 Å². The Morgan fingerprint density at radius 3 is 3.10 bits per heavy atom. The van der Waals surface area contributed by atoms with Gasteiger partial charge in [0, 0.05) is 26.2 Å². The van der Waals surface area contributed by atoms with Gasteiger partial charge in [0.15, 0.2) is 0 Å². The fourth-order valence-corrected chi connectivity index (χ4v) is 2.84. The first-order chi connectivity index (χ1) is 9.74. The van der Waals surface area contributed by atoms with Crippen LogP contribution in [0, 0.1) is 11.7 Å². The minimum atomic E-state index is -0.278. The summed E-state index contributed by atoms with van der Waals surface area (Å²) in [6.07, 6.45) is 1.98. The highest BCUT2D eigenvalue weighted by Crippen LogP contribution is 2.25. The van der Waals surface area contributed by atoms with Crippen molar-refractivity contribution >= 4 is 24.0 Å². The molecule has 3 rings (SSSR count). The van der Waals surface area contributed by atoms with E-state index in [4.69, 9.17) is 4.74 Å². The van der Waals surface area contributed by atoms with Gasteiger partial charge in [-0.25, -0.2) is 4.39 Å². The van der Waals surface area contributed by atoms with Crippen LogP contribution >= 0.6 is 12.4 Å². The number of fused-ring (bicyclic) bond motifs is 1. The van der Waals surface area contributed by atoms with Gasteiger partial charge in [-0.15, -0.1) is 12.4 Å². The third-order valence-electron chi connectivity index (χ3n) is 3.98. The van der Waals surface area contributed by atoms with Crippen LogP contribution in [0.25, 0.3) is 0 Å². The number of halogens is 2. The summed E-state index contributed by atoms with van der Waals surface area (Å²) >= 11 is 0. The molecule has 1 fully saturated rings. The molecule has 1 unspecified atom stereocenters. The number of ether oxygens (including phenoxy) is 1. The van der Waals surface area contributed by atoms with Crippen LogP contribution in [0.3, 0.4) is 0 Å². The van der Waals surface area contributed by atoms with E-state index in [0.717, 1.165) is 30.7 Å². The summed E-state index contributed by atoms with van der Waals surface area (Å²) in [6, 6.07) is 3.54. The molecule has 0 spiro atoms. The Bertz CT molecular complexity index is 519. The van der Waals surface area contributed by atoms with Gasteiger partial charge in [-0.05, 0) is 42.5 Å². The molecule has 0 aromatic heterocycles. The zero-order chi connectivity index (χ0) is 13.9. The Morgan fingerprint density at radius 1 is 1.48 bits per heavy atom. The topological polar surface area (TPSA) is 50.4 Å².